The first-order valence-electron chi connectivity index (χ1n) is 10.2. The van der Waals surface area contributed by atoms with Crippen LogP contribution in [-0.2, 0) is 21.0 Å². The molecule has 0 saturated carbocycles. The summed E-state index contributed by atoms with van der Waals surface area (Å²) in [6.45, 7) is 1.38. The smallest absolute Gasteiger partial charge is 0.352 e. The lowest BCUT2D eigenvalue weighted by molar-refractivity contribution is -0.137. The molecule has 2 aliphatic rings. The molecule has 1 unspecified atom stereocenters. The summed E-state index contributed by atoms with van der Waals surface area (Å²) in [5.41, 5.74) is -0.629. The second-order valence-electron chi connectivity index (χ2n) is 8.11. The van der Waals surface area contributed by atoms with E-state index in [-0.39, 0.29) is 35.9 Å². The molecule has 2 heterocycles. The van der Waals surface area contributed by atoms with Gasteiger partial charge < -0.3 is 10.2 Å². The van der Waals surface area contributed by atoms with Gasteiger partial charge in [-0.1, -0.05) is 0 Å². The van der Waals surface area contributed by atoms with E-state index in [1.807, 2.05) is 0 Å². The Labute approximate surface area is 179 Å². The van der Waals surface area contributed by atoms with Crippen LogP contribution in [0.2, 0.25) is 0 Å². The van der Waals surface area contributed by atoms with Crippen molar-refractivity contribution in [2.24, 2.45) is 5.92 Å². The van der Waals surface area contributed by atoms with Gasteiger partial charge in [-0.3, -0.25) is 9.59 Å². The van der Waals surface area contributed by atoms with Crippen LogP contribution in [0.5, 0.6) is 0 Å². The van der Waals surface area contributed by atoms with Crippen LogP contribution in [0.25, 0.3) is 0 Å². The van der Waals surface area contributed by atoms with Gasteiger partial charge in [0.05, 0.1) is 11.8 Å². The van der Waals surface area contributed by atoms with Gasteiger partial charge in [-0.25, -0.2) is 12.7 Å². The van der Waals surface area contributed by atoms with Crippen LogP contribution < -0.4 is 5.32 Å². The zero-order valence-electron chi connectivity index (χ0n) is 17.2. The summed E-state index contributed by atoms with van der Waals surface area (Å²) >= 11 is 0. The number of benzene rings is 1. The Morgan fingerprint density at radius 1 is 1.03 bits per heavy atom. The first-order valence-corrected chi connectivity index (χ1v) is 12.0. The molecule has 0 aliphatic carbocycles. The van der Waals surface area contributed by atoms with Crippen LogP contribution in [0, 0.1) is 5.92 Å². The number of sulfonamides is 1. The Morgan fingerprint density at radius 3 is 2.19 bits per heavy atom. The molecule has 0 bridgehead atoms. The second-order valence-corrected chi connectivity index (χ2v) is 10.1. The molecule has 172 valence electrons. The number of nitrogens with zero attached hydrogens (tertiary/aromatic N) is 2. The topological polar surface area (TPSA) is 86.8 Å². The number of carbonyl (C=O) groups is 2. The van der Waals surface area contributed by atoms with E-state index in [4.69, 9.17) is 0 Å². The molecule has 31 heavy (non-hydrogen) atoms. The minimum Gasteiger partial charge on any atom is -0.352 e. The first-order chi connectivity index (χ1) is 14.4. The van der Waals surface area contributed by atoms with E-state index in [9.17, 15) is 31.2 Å². The van der Waals surface area contributed by atoms with Gasteiger partial charge in [0.1, 0.15) is 0 Å². The Balaban J connectivity index is 1.51. The average molecular weight is 462 g/mol. The molecule has 2 aliphatic heterocycles. The molecule has 1 aromatic rings. The zero-order chi connectivity index (χ0) is 22.8. The summed E-state index contributed by atoms with van der Waals surface area (Å²) in [6, 6.07) is 3.87. The van der Waals surface area contributed by atoms with E-state index >= 15 is 0 Å². The normalized spacial score (nSPS) is 21.7. The number of halogens is 3. The minimum absolute atomic E-state index is 0.151. The number of rotatable bonds is 4. The Kier molecular flexibility index (Phi) is 6.95. The molecular formula is C20H26F3N3O4S. The Hall–Kier alpha value is -2.14. The van der Waals surface area contributed by atoms with Gasteiger partial charge in [-0.2, -0.15) is 13.2 Å². The van der Waals surface area contributed by atoms with E-state index in [1.54, 1.807) is 4.90 Å². The SMILES string of the molecule is CS(=O)(=O)N1CCCC(NC(=O)C2CCN(C(=O)c3ccc(C(F)(F)F)cc3)CC2)C1. The summed E-state index contributed by atoms with van der Waals surface area (Å²) in [7, 11) is -3.30. The molecule has 0 aromatic heterocycles. The van der Waals surface area contributed by atoms with Crippen molar-refractivity contribution in [3.8, 4) is 0 Å². The molecule has 2 saturated heterocycles. The van der Waals surface area contributed by atoms with E-state index < -0.39 is 21.8 Å². The van der Waals surface area contributed by atoms with E-state index in [1.165, 1.54) is 16.4 Å². The third-order valence-electron chi connectivity index (χ3n) is 5.81. The van der Waals surface area contributed by atoms with Crippen molar-refractivity contribution in [2.45, 2.75) is 37.9 Å². The molecule has 1 aromatic carbocycles. The number of hydrogen-bond acceptors (Lipinski definition) is 4. The highest BCUT2D eigenvalue weighted by Gasteiger charge is 2.33. The standard InChI is InChI=1S/C20H26F3N3O4S/c1-31(29,30)26-10-2-3-17(13-26)24-18(27)14-8-11-25(12-9-14)19(28)15-4-6-16(7-5-15)20(21,22)23/h4-7,14,17H,2-3,8-13H2,1H3,(H,24,27). The second kappa shape index (κ2) is 9.15. The van der Waals surface area contributed by atoms with Crippen molar-refractivity contribution in [2.75, 3.05) is 32.4 Å². The van der Waals surface area contributed by atoms with E-state index in [2.05, 4.69) is 5.32 Å². The van der Waals surface area contributed by atoms with Gasteiger partial charge in [0.2, 0.25) is 15.9 Å². The number of hydrogen-bond donors (Lipinski definition) is 1. The minimum atomic E-state index is -4.45. The maximum Gasteiger partial charge on any atom is 0.416 e. The van der Waals surface area contributed by atoms with Gasteiger partial charge in [0, 0.05) is 43.7 Å². The molecule has 1 N–H and O–H groups in total. The van der Waals surface area contributed by atoms with Crippen molar-refractivity contribution in [3.63, 3.8) is 0 Å². The van der Waals surface area contributed by atoms with Crippen LogP contribution in [0.1, 0.15) is 41.6 Å². The first kappa shape index (κ1) is 23.5. The maximum atomic E-state index is 12.7. The third-order valence-corrected chi connectivity index (χ3v) is 7.08. The van der Waals surface area contributed by atoms with Crippen molar-refractivity contribution in [3.05, 3.63) is 35.4 Å². The van der Waals surface area contributed by atoms with Crippen molar-refractivity contribution in [1.82, 2.24) is 14.5 Å². The molecule has 0 spiro atoms. The van der Waals surface area contributed by atoms with E-state index in [0.29, 0.717) is 45.3 Å². The number of amides is 2. The quantitative estimate of drug-likeness (QED) is 0.744. The van der Waals surface area contributed by atoms with Crippen LogP contribution in [0.15, 0.2) is 24.3 Å². The molecular weight excluding hydrogens is 435 g/mol. The summed E-state index contributed by atoms with van der Waals surface area (Å²) in [4.78, 5) is 26.7. The van der Waals surface area contributed by atoms with Crippen LogP contribution in [0.4, 0.5) is 13.2 Å². The number of carbonyl (C=O) groups excluding carboxylic acids is 2. The van der Waals surface area contributed by atoms with Crippen molar-refractivity contribution >= 4 is 21.8 Å². The van der Waals surface area contributed by atoms with Gasteiger partial charge in [-0.15, -0.1) is 0 Å². The predicted molar refractivity (Wildman–Crippen MR) is 108 cm³/mol. The third kappa shape index (κ3) is 5.97. The predicted octanol–water partition coefficient (Wildman–Crippen LogP) is 2.10. The number of alkyl halides is 3. The van der Waals surface area contributed by atoms with Crippen LogP contribution in [-0.4, -0.2) is 67.9 Å². The zero-order valence-corrected chi connectivity index (χ0v) is 18.0. The fourth-order valence-electron chi connectivity index (χ4n) is 4.01. The highest BCUT2D eigenvalue weighted by atomic mass is 32.2. The summed E-state index contributed by atoms with van der Waals surface area (Å²) < 4.78 is 62.8. The lowest BCUT2D eigenvalue weighted by Gasteiger charge is -2.34. The van der Waals surface area contributed by atoms with Gasteiger partial charge >= 0.3 is 6.18 Å². The molecule has 2 fully saturated rings. The fraction of sp³-hybridized carbons (Fsp3) is 0.600. The Bertz CT molecular complexity index is 911. The van der Waals surface area contributed by atoms with Crippen LogP contribution >= 0.6 is 0 Å². The lowest BCUT2D eigenvalue weighted by Crippen LogP contribution is -2.51. The number of likely N-dealkylation sites (tertiary alicyclic amines) is 1. The molecule has 3 rings (SSSR count). The summed E-state index contributed by atoms with van der Waals surface area (Å²) in [6.07, 6.45) is -1.02. The number of nitrogens with one attached hydrogen (secondary N) is 1. The van der Waals surface area contributed by atoms with Crippen molar-refractivity contribution in [1.29, 1.82) is 0 Å². The molecule has 2 amide bonds. The maximum absolute atomic E-state index is 12.7. The lowest BCUT2D eigenvalue weighted by atomic mass is 9.94. The van der Waals surface area contributed by atoms with Gasteiger partial charge in [0.25, 0.3) is 5.91 Å². The highest BCUT2D eigenvalue weighted by molar-refractivity contribution is 7.88. The van der Waals surface area contributed by atoms with E-state index in [0.717, 1.165) is 18.4 Å². The largest absolute Gasteiger partial charge is 0.416 e. The molecule has 11 heteroatoms. The monoisotopic (exact) mass is 461 g/mol. The van der Waals surface area contributed by atoms with Crippen LogP contribution in [0.3, 0.4) is 0 Å². The number of piperidine rings is 2. The van der Waals surface area contributed by atoms with Gasteiger partial charge in [-0.05, 0) is 49.9 Å². The summed E-state index contributed by atoms with van der Waals surface area (Å²) in [5.74, 6) is -0.795. The Morgan fingerprint density at radius 2 is 1.65 bits per heavy atom. The van der Waals surface area contributed by atoms with Crippen molar-refractivity contribution < 1.29 is 31.2 Å². The highest BCUT2D eigenvalue weighted by Crippen LogP contribution is 2.29. The summed E-state index contributed by atoms with van der Waals surface area (Å²) in [5, 5.41) is 2.93. The molecule has 0 radical (unpaired) electrons. The van der Waals surface area contributed by atoms with Gasteiger partial charge in [0.15, 0.2) is 0 Å². The average Bonchev–Trinajstić information content (AvgIpc) is 2.72. The fourth-order valence-corrected chi connectivity index (χ4v) is 4.92. The molecule has 1 atom stereocenters. The molecule has 7 nitrogen and oxygen atoms in total.